The van der Waals surface area contributed by atoms with Crippen molar-refractivity contribution in [2.45, 2.75) is 26.8 Å². The second-order valence-electron chi connectivity index (χ2n) is 4.20. The summed E-state index contributed by atoms with van der Waals surface area (Å²) in [6, 6.07) is 4.05. The molecule has 90 valence electrons. The second-order valence-corrected chi connectivity index (χ2v) is 4.20. The number of hydrogen-bond acceptors (Lipinski definition) is 3. The minimum absolute atomic E-state index is 0.771. The zero-order valence-corrected chi connectivity index (χ0v) is 10.6. The van der Waals surface area contributed by atoms with E-state index in [-0.39, 0.29) is 0 Å². The first-order valence-electron chi connectivity index (χ1n) is 5.87. The van der Waals surface area contributed by atoms with Gasteiger partial charge in [0.05, 0.1) is 5.69 Å². The molecule has 0 atom stereocenters. The van der Waals surface area contributed by atoms with Crippen LogP contribution in [0.3, 0.4) is 0 Å². The molecule has 2 rings (SSSR count). The molecule has 0 aliphatic carbocycles. The molecule has 4 heteroatoms. The number of nitrogens with zero attached hydrogens (tertiary/aromatic N) is 3. The maximum atomic E-state index is 4.41. The molecular formula is C13H18N4. The van der Waals surface area contributed by atoms with Gasteiger partial charge in [0, 0.05) is 31.5 Å². The Balaban J connectivity index is 2.04. The lowest BCUT2D eigenvalue weighted by Gasteiger charge is -2.05. The number of rotatable bonds is 4. The summed E-state index contributed by atoms with van der Waals surface area (Å²) in [6.07, 6.45) is 4.88. The van der Waals surface area contributed by atoms with E-state index < -0.39 is 0 Å². The highest BCUT2D eigenvalue weighted by Gasteiger charge is 2.05. The molecule has 0 unspecified atom stereocenters. The first kappa shape index (κ1) is 11.6. The number of hydrogen-bond donors (Lipinski definition) is 1. The molecule has 0 aliphatic heterocycles. The summed E-state index contributed by atoms with van der Waals surface area (Å²) in [6.45, 7) is 4.93. The van der Waals surface area contributed by atoms with Gasteiger partial charge in [-0.2, -0.15) is 5.10 Å². The molecular weight excluding hydrogens is 212 g/mol. The number of aryl methyl sites for hydroxylation is 3. The standard InChI is InChI=1S/C13H18N4/c1-4-12-11(9-17(3)16-12)8-15-13-6-5-10(2)7-14-13/h5-7,9H,4,8H2,1-3H3,(H,14,15). The van der Waals surface area contributed by atoms with Crippen molar-refractivity contribution in [2.24, 2.45) is 7.05 Å². The highest BCUT2D eigenvalue weighted by atomic mass is 15.3. The smallest absolute Gasteiger partial charge is 0.126 e. The third kappa shape index (κ3) is 2.84. The Morgan fingerprint density at radius 1 is 1.35 bits per heavy atom. The van der Waals surface area contributed by atoms with Gasteiger partial charge < -0.3 is 5.32 Å². The monoisotopic (exact) mass is 230 g/mol. The molecule has 0 aliphatic rings. The molecule has 0 radical (unpaired) electrons. The minimum Gasteiger partial charge on any atom is -0.366 e. The maximum absolute atomic E-state index is 4.41. The van der Waals surface area contributed by atoms with Gasteiger partial charge in [-0.3, -0.25) is 4.68 Å². The summed E-state index contributed by atoms with van der Waals surface area (Å²) in [5.41, 5.74) is 3.55. The van der Waals surface area contributed by atoms with E-state index in [1.54, 1.807) is 0 Å². The van der Waals surface area contributed by atoms with Gasteiger partial charge in [-0.25, -0.2) is 4.98 Å². The van der Waals surface area contributed by atoms with Crippen LogP contribution in [0.1, 0.15) is 23.7 Å². The van der Waals surface area contributed by atoms with Crippen molar-refractivity contribution < 1.29 is 0 Å². The molecule has 0 fully saturated rings. The summed E-state index contributed by atoms with van der Waals surface area (Å²) >= 11 is 0. The van der Waals surface area contributed by atoms with Crippen molar-refractivity contribution in [3.63, 3.8) is 0 Å². The van der Waals surface area contributed by atoms with E-state index in [9.17, 15) is 0 Å². The zero-order chi connectivity index (χ0) is 12.3. The van der Waals surface area contributed by atoms with Crippen molar-refractivity contribution in [3.05, 3.63) is 41.3 Å². The Labute approximate surface area is 102 Å². The quantitative estimate of drug-likeness (QED) is 0.876. The Kier molecular flexibility index (Phi) is 3.42. The zero-order valence-electron chi connectivity index (χ0n) is 10.6. The summed E-state index contributed by atoms with van der Waals surface area (Å²) in [4.78, 5) is 4.32. The molecule has 0 saturated heterocycles. The van der Waals surface area contributed by atoms with E-state index in [1.807, 2.05) is 30.9 Å². The van der Waals surface area contributed by atoms with Crippen molar-refractivity contribution >= 4 is 5.82 Å². The van der Waals surface area contributed by atoms with Crippen LogP contribution in [-0.4, -0.2) is 14.8 Å². The normalized spacial score (nSPS) is 10.5. The van der Waals surface area contributed by atoms with E-state index in [0.717, 1.165) is 24.5 Å². The van der Waals surface area contributed by atoms with E-state index >= 15 is 0 Å². The summed E-state index contributed by atoms with van der Waals surface area (Å²) in [5, 5.41) is 7.72. The van der Waals surface area contributed by atoms with Crippen LogP contribution in [0.5, 0.6) is 0 Å². The Bertz CT molecular complexity index is 485. The van der Waals surface area contributed by atoms with Crippen LogP contribution in [0.15, 0.2) is 24.5 Å². The van der Waals surface area contributed by atoms with E-state index in [2.05, 4.69) is 34.6 Å². The maximum Gasteiger partial charge on any atom is 0.126 e. The van der Waals surface area contributed by atoms with E-state index in [1.165, 1.54) is 11.1 Å². The highest BCUT2D eigenvalue weighted by molar-refractivity contribution is 5.36. The average Bonchev–Trinajstić information content (AvgIpc) is 2.69. The Hall–Kier alpha value is -1.84. The molecule has 2 aromatic rings. The van der Waals surface area contributed by atoms with Crippen LogP contribution >= 0.6 is 0 Å². The third-order valence-corrected chi connectivity index (χ3v) is 2.70. The number of aromatic nitrogens is 3. The highest BCUT2D eigenvalue weighted by Crippen LogP contribution is 2.10. The largest absolute Gasteiger partial charge is 0.366 e. The lowest BCUT2D eigenvalue weighted by atomic mass is 10.2. The minimum atomic E-state index is 0.771. The van der Waals surface area contributed by atoms with Gasteiger partial charge in [0.25, 0.3) is 0 Å². The predicted octanol–water partition coefficient (Wildman–Crippen LogP) is 2.30. The Morgan fingerprint density at radius 2 is 2.18 bits per heavy atom. The fourth-order valence-electron chi connectivity index (χ4n) is 1.79. The second kappa shape index (κ2) is 4.99. The lowest BCUT2D eigenvalue weighted by Crippen LogP contribution is -2.02. The van der Waals surface area contributed by atoms with Crippen molar-refractivity contribution in [2.75, 3.05) is 5.32 Å². The van der Waals surface area contributed by atoms with Crippen LogP contribution in [0, 0.1) is 6.92 Å². The molecule has 2 aromatic heterocycles. The van der Waals surface area contributed by atoms with Crippen LogP contribution < -0.4 is 5.32 Å². The fraction of sp³-hybridized carbons (Fsp3) is 0.385. The molecule has 2 heterocycles. The van der Waals surface area contributed by atoms with E-state index in [4.69, 9.17) is 0 Å². The SMILES string of the molecule is CCc1nn(C)cc1CNc1ccc(C)cn1. The molecule has 17 heavy (non-hydrogen) atoms. The van der Waals surface area contributed by atoms with Crippen LogP contribution in [0.4, 0.5) is 5.82 Å². The molecule has 1 N–H and O–H groups in total. The van der Waals surface area contributed by atoms with Crippen LogP contribution in [-0.2, 0) is 20.0 Å². The number of pyridine rings is 1. The van der Waals surface area contributed by atoms with Gasteiger partial charge >= 0.3 is 0 Å². The first-order valence-corrected chi connectivity index (χ1v) is 5.87. The molecule has 0 spiro atoms. The van der Waals surface area contributed by atoms with E-state index in [0.29, 0.717) is 0 Å². The third-order valence-electron chi connectivity index (χ3n) is 2.70. The molecule has 0 saturated carbocycles. The topological polar surface area (TPSA) is 42.7 Å². The fourth-order valence-corrected chi connectivity index (χ4v) is 1.79. The van der Waals surface area contributed by atoms with Gasteiger partial charge in [0.1, 0.15) is 5.82 Å². The van der Waals surface area contributed by atoms with Crippen molar-refractivity contribution in [1.82, 2.24) is 14.8 Å². The van der Waals surface area contributed by atoms with Gasteiger partial charge in [-0.15, -0.1) is 0 Å². The predicted molar refractivity (Wildman–Crippen MR) is 68.9 cm³/mol. The summed E-state index contributed by atoms with van der Waals surface area (Å²) in [5.74, 6) is 0.904. The van der Waals surface area contributed by atoms with Crippen molar-refractivity contribution in [1.29, 1.82) is 0 Å². The van der Waals surface area contributed by atoms with Gasteiger partial charge in [-0.05, 0) is 25.0 Å². The lowest BCUT2D eigenvalue weighted by molar-refractivity contribution is 0.746. The average molecular weight is 230 g/mol. The summed E-state index contributed by atoms with van der Waals surface area (Å²) < 4.78 is 1.86. The molecule has 0 bridgehead atoms. The van der Waals surface area contributed by atoms with Crippen LogP contribution in [0.2, 0.25) is 0 Å². The van der Waals surface area contributed by atoms with Gasteiger partial charge in [0.2, 0.25) is 0 Å². The van der Waals surface area contributed by atoms with Gasteiger partial charge in [-0.1, -0.05) is 13.0 Å². The first-order chi connectivity index (χ1) is 8.19. The summed E-state index contributed by atoms with van der Waals surface area (Å²) in [7, 11) is 1.95. The van der Waals surface area contributed by atoms with Crippen LogP contribution in [0.25, 0.3) is 0 Å². The van der Waals surface area contributed by atoms with Crippen molar-refractivity contribution in [3.8, 4) is 0 Å². The molecule has 4 nitrogen and oxygen atoms in total. The number of nitrogens with one attached hydrogen (secondary N) is 1. The molecule has 0 amide bonds. The van der Waals surface area contributed by atoms with Gasteiger partial charge in [0.15, 0.2) is 0 Å². The number of anilines is 1. The Morgan fingerprint density at radius 3 is 2.82 bits per heavy atom. The molecule has 0 aromatic carbocycles.